The van der Waals surface area contributed by atoms with E-state index in [1.807, 2.05) is 55.5 Å². The van der Waals surface area contributed by atoms with Gasteiger partial charge in [0.1, 0.15) is 11.9 Å². The van der Waals surface area contributed by atoms with Crippen LogP contribution in [0.15, 0.2) is 94.8 Å². The average molecular weight is 717 g/mol. The van der Waals surface area contributed by atoms with E-state index in [9.17, 15) is 29.4 Å². The van der Waals surface area contributed by atoms with E-state index in [0.29, 0.717) is 17.8 Å². The summed E-state index contributed by atoms with van der Waals surface area (Å²) in [7, 11) is 0. The summed E-state index contributed by atoms with van der Waals surface area (Å²) in [6, 6.07) is 10.9. The SMILES string of the molecule is C/C=C/C=C/C=C/C(=O)O[C@@H]1C=CC[C@H]2C(=NCc3ccccc3)c3c(O)c4c5c(c3O[C@H]12)OCO[C@@H]5C[C@@H]1C(=O)c2cc(C)[nH]c(=O)c2C(=O)[C@]41O. The van der Waals surface area contributed by atoms with Gasteiger partial charge >= 0.3 is 5.97 Å². The fraction of sp³-hybridized carbons (Fsp3) is 0.293. The van der Waals surface area contributed by atoms with Crippen molar-refractivity contribution in [1.82, 2.24) is 4.98 Å². The first kappa shape index (κ1) is 34.2. The first-order valence-electron chi connectivity index (χ1n) is 17.4. The number of hydrogen-bond acceptors (Lipinski definition) is 11. The fourth-order valence-corrected chi connectivity index (χ4v) is 8.13. The number of carbonyl (C=O) groups excluding carboxylic acids is 3. The summed E-state index contributed by atoms with van der Waals surface area (Å²) in [6.07, 6.45) is 11.3. The topological polar surface area (TPSA) is 174 Å². The number of aromatic amines is 1. The second-order valence-electron chi connectivity index (χ2n) is 13.6. The van der Waals surface area contributed by atoms with Crippen LogP contribution in [0.2, 0.25) is 0 Å². The summed E-state index contributed by atoms with van der Waals surface area (Å²) in [5, 5.41) is 25.0. The number of ether oxygens (including phenoxy) is 4. The molecule has 3 N–H and O–H groups in total. The molecule has 53 heavy (non-hydrogen) atoms. The predicted molar refractivity (Wildman–Crippen MR) is 191 cm³/mol. The molecular weight excluding hydrogens is 680 g/mol. The molecule has 6 atom stereocenters. The van der Waals surface area contributed by atoms with E-state index in [2.05, 4.69) is 4.98 Å². The van der Waals surface area contributed by atoms with Crippen LogP contribution in [0, 0.1) is 18.8 Å². The van der Waals surface area contributed by atoms with E-state index in [1.54, 1.807) is 31.2 Å². The van der Waals surface area contributed by atoms with Crippen molar-refractivity contribution in [3.63, 3.8) is 0 Å². The average Bonchev–Trinajstić information content (AvgIpc) is 3.15. The third-order valence-corrected chi connectivity index (χ3v) is 10.5. The number of carbonyl (C=O) groups is 3. The Morgan fingerprint density at radius 2 is 1.89 bits per heavy atom. The molecule has 3 aromatic rings. The molecule has 2 aromatic carbocycles. The number of allylic oxidation sites excluding steroid dienone is 6. The Bertz CT molecular complexity index is 2270. The third-order valence-electron chi connectivity index (χ3n) is 10.5. The van der Waals surface area contributed by atoms with Crippen LogP contribution < -0.4 is 15.0 Å². The lowest BCUT2D eigenvalue weighted by Gasteiger charge is -2.48. The Balaban J connectivity index is 1.30. The molecule has 0 amide bonds. The van der Waals surface area contributed by atoms with Crippen molar-refractivity contribution in [2.75, 3.05) is 6.79 Å². The molecule has 270 valence electrons. The number of aliphatic imine (C=N–C) groups is 1. The van der Waals surface area contributed by atoms with E-state index in [-0.39, 0.29) is 53.5 Å². The van der Waals surface area contributed by atoms with Crippen molar-refractivity contribution in [1.29, 1.82) is 0 Å². The summed E-state index contributed by atoms with van der Waals surface area (Å²) in [6.45, 7) is 3.42. The Hall–Kier alpha value is -5.85. The maximum absolute atomic E-state index is 14.4. The van der Waals surface area contributed by atoms with Gasteiger partial charge in [0.15, 0.2) is 35.8 Å². The Labute approximate surface area is 303 Å². The number of nitrogens with one attached hydrogen (secondary N) is 1. The van der Waals surface area contributed by atoms with Gasteiger partial charge in [0.2, 0.25) is 5.78 Å². The zero-order valence-electron chi connectivity index (χ0n) is 28.9. The predicted octanol–water partition coefficient (Wildman–Crippen LogP) is 5.01. The van der Waals surface area contributed by atoms with Gasteiger partial charge < -0.3 is 34.1 Å². The lowest BCUT2D eigenvalue weighted by molar-refractivity contribution is -0.146. The van der Waals surface area contributed by atoms with Crippen LogP contribution in [-0.2, 0) is 26.4 Å². The molecular formula is C41H36N2O10. The fourth-order valence-electron chi connectivity index (χ4n) is 8.13. The number of benzene rings is 2. The minimum atomic E-state index is -2.64. The van der Waals surface area contributed by atoms with Gasteiger partial charge in [0, 0.05) is 34.4 Å². The Morgan fingerprint density at radius 1 is 1.09 bits per heavy atom. The molecule has 3 aliphatic carbocycles. The van der Waals surface area contributed by atoms with E-state index >= 15 is 0 Å². The smallest absolute Gasteiger partial charge is 0.331 e. The number of fused-ring (bicyclic) bond motifs is 6. The van der Waals surface area contributed by atoms with Gasteiger partial charge in [0.05, 0.1) is 35.4 Å². The minimum Gasteiger partial charge on any atom is -0.507 e. The summed E-state index contributed by atoms with van der Waals surface area (Å²) < 4.78 is 24.6. The highest BCUT2D eigenvalue weighted by Gasteiger charge is 2.63. The lowest BCUT2D eigenvalue weighted by atomic mass is 9.60. The van der Waals surface area contributed by atoms with Crippen molar-refractivity contribution in [3.8, 4) is 17.2 Å². The van der Waals surface area contributed by atoms with E-state index in [0.717, 1.165) is 5.56 Å². The molecule has 1 aromatic heterocycles. The number of aryl methyl sites for hydroxylation is 1. The zero-order valence-corrected chi connectivity index (χ0v) is 28.9. The molecule has 0 spiro atoms. The first-order chi connectivity index (χ1) is 25.6. The molecule has 8 rings (SSSR count). The van der Waals surface area contributed by atoms with Crippen molar-refractivity contribution in [3.05, 3.63) is 134 Å². The van der Waals surface area contributed by atoms with Crippen molar-refractivity contribution in [2.45, 2.75) is 57.1 Å². The zero-order chi connectivity index (χ0) is 37.0. The molecule has 5 aliphatic rings. The van der Waals surface area contributed by atoms with Crippen molar-refractivity contribution in [2.24, 2.45) is 16.8 Å². The highest BCUT2D eigenvalue weighted by Crippen LogP contribution is 2.62. The monoisotopic (exact) mass is 716 g/mol. The molecule has 0 bridgehead atoms. The molecule has 0 fully saturated rings. The number of H-pyrrole nitrogens is 1. The highest BCUT2D eigenvalue weighted by atomic mass is 16.7. The summed E-state index contributed by atoms with van der Waals surface area (Å²) in [5.74, 6) is -4.53. The molecule has 2 aliphatic heterocycles. The standard InChI is InChI=1S/C41H36N2O10/c1-3-4-5-6-10-16-28(44)52-26-15-11-14-23-33(42-19-22-12-8-7-9-13-22)31-35(46)32-30-27(50-20-51-37(30)38(31)53-36(23)26)18-25-34(45)24-17-21(2)43-40(48)29(24)39(47)41(25,32)49/h3-13,15-17,23,25-27,36,46,49H,14,18-20H2,1-2H3,(H,43,48)/b4-3+,6-5+,16-10+,42-33?/t23-,25+,26+,27+,36-,41+/m0/s1. The van der Waals surface area contributed by atoms with Crippen molar-refractivity contribution < 1.29 is 43.5 Å². The van der Waals surface area contributed by atoms with Gasteiger partial charge in [-0.05, 0) is 44.4 Å². The number of pyridine rings is 1. The van der Waals surface area contributed by atoms with Crippen LogP contribution >= 0.6 is 0 Å². The number of aromatic nitrogens is 1. The van der Waals surface area contributed by atoms with Crippen LogP contribution in [0.1, 0.15) is 74.5 Å². The molecule has 12 nitrogen and oxygen atoms in total. The molecule has 0 radical (unpaired) electrons. The largest absolute Gasteiger partial charge is 0.507 e. The number of Topliss-reactive ketones (excluding diaryl/α,β-unsaturated/α-hetero) is 2. The number of rotatable bonds is 6. The lowest BCUT2D eigenvalue weighted by Crippen LogP contribution is -2.56. The van der Waals surface area contributed by atoms with Crippen LogP contribution in [0.3, 0.4) is 0 Å². The van der Waals surface area contributed by atoms with Crippen LogP contribution in [0.5, 0.6) is 17.2 Å². The van der Waals surface area contributed by atoms with Crippen LogP contribution in [0.25, 0.3) is 0 Å². The Morgan fingerprint density at radius 3 is 2.68 bits per heavy atom. The number of nitrogens with zero attached hydrogens (tertiary/aromatic N) is 1. The second-order valence-corrected chi connectivity index (χ2v) is 13.6. The number of aliphatic hydroxyl groups is 1. The first-order valence-corrected chi connectivity index (χ1v) is 17.4. The quantitative estimate of drug-likeness (QED) is 0.136. The van der Waals surface area contributed by atoms with Gasteiger partial charge in [-0.15, -0.1) is 0 Å². The number of phenolic OH excluding ortho intramolecular Hbond substituents is 1. The number of esters is 1. The molecule has 0 saturated heterocycles. The van der Waals surface area contributed by atoms with Crippen LogP contribution in [0.4, 0.5) is 0 Å². The normalized spacial score (nSPS) is 27.5. The van der Waals surface area contributed by atoms with Gasteiger partial charge in [-0.25, -0.2) is 4.79 Å². The minimum absolute atomic E-state index is 0.0731. The van der Waals surface area contributed by atoms with Gasteiger partial charge in [0.25, 0.3) is 5.56 Å². The second kappa shape index (κ2) is 13.3. The molecule has 12 heteroatoms. The highest BCUT2D eigenvalue weighted by molar-refractivity contribution is 6.20. The molecule has 3 heterocycles. The molecule has 0 saturated carbocycles. The summed E-state index contributed by atoms with van der Waals surface area (Å²) in [5.41, 5.74) is -2.49. The maximum atomic E-state index is 14.4. The number of hydrogen-bond donors (Lipinski definition) is 3. The van der Waals surface area contributed by atoms with Gasteiger partial charge in [-0.3, -0.25) is 19.4 Å². The van der Waals surface area contributed by atoms with Crippen LogP contribution in [-0.4, -0.2) is 57.4 Å². The van der Waals surface area contributed by atoms with Crippen molar-refractivity contribution >= 4 is 23.2 Å². The van der Waals surface area contributed by atoms with Gasteiger partial charge in [-0.1, -0.05) is 66.8 Å². The van der Waals surface area contributed by atoms with Gasteiger partial charge in [-0.2, -0.15) is 0 Å². The third kappa shape index (κ3) is 5.48. The number of ketones is 2. The number of phenols is 1. The van der Waals surface area contributed by atoms with E-state index in [1.165, 1.54) is 12.1 Å². The Kier molecular flexibility index (Phi) is 8.58. The van der Waals surface area contributed by atoms with E-state index in [4.69, 9.17) is 23.9 Å². The molecule has 0 unspecified atom stereocenters. The maximum Gasteiger partial charge on any atom is 0.331 e. The summed E-state index contributed by atoms with van der Waals surface area (Å²) >= 11 is 0. The van der Waals surface area contributed by atoms with E-state index < -0.39 is 70.2 Å². The summed E-state index contributed by atoms with van der Waals surface area (Å²) in [4.78, 5) is 62.2. The number of aromatic hydroxyl groups is 1.